The maximum absolute atomic E-state index is 12.0. The van der Waals surface area contributed by atoms with Crippen LogP contribution in [0.1, 0.15) is 11.3 Å². The predicted octanol–water partition coefficient (Wildman–Crippen LogP) is 1.79. The molecule has 4 nitrogen and oxygen atoms in total. The third-order valence-electron chi connectivity index (χ3n) is 2.49. The summed E-state index contributed by atoms with van der Waals surface area (Å²) >= 11 is 2.03. The lowest BCUT2D eigenvalue weighted by Crippen LogP contribution is -2.24. The number of nitrogens with zero attached hydrogens (tertiary/aromatic N) is 2. The smallest absolute Gasteiger partial charge is 0.267 e. The zero-order valence-electron chi connectivity index (χ0n) is 9.35. The highest BCUT2D eigenvalue weighted by Gasteiger charge is 2.05. The van der Waals surface area contributed by atoms with E-state index in [0.717, 1.165) is 16.9 Å². The Kier molecular flexibility index (Phi) is 3.46. The van der Waals surface area contributed by atoms with Crippen molar-refractivity contribution < 1.29 is 0 Å². The minimum atomic E-state index is -0.00470. The fourth-order valence-corrected chi connectivity index (χ4v) is 1.93. The normalized spacial score (nSPS) is 10.5. The molecule has 1 aromatic heterocycles. The largest absolute Gasteiger partial charge is 0.399 e. The van der Waals surface area contributed by atoms with Gasteiger partial charge in [0, 0.05) is 5.69 Å². The first-order valence-electron chi connectivity index (χ1n) is 5.14. The van der Waals surface area contributed by atoms with Crippen molar-refractivity contribution in [2.45, 2.75) is 13.5 Å². The van der Waals surface area contributed by atoms with Gasteiger partial charge < -0.3 is 5.73 Å². The van der Waals surface area contributed by atoms with Crippen LogP contribution in [0, 0.1) is 10.5 Å². The van der Waals surface area contributed by atoms with Crippen molar-refractivity contribution in [1.29, 1.82) is 0 Å². The van der Waals surface area contributed by atoms with Crippen molar-refractivity contribution >= 4 is 28.3 Å². The van der Waals surface area contributed by atoms with Crippen LogP contribution in [-0.2, 0) is 6.54 Å². The maximum Gasteiger partial charge on any atom is 0.267 e. The molecule has 0 atom stereocenters. The van der Waals surface area contributed by atoms with Crippen molar-refractivity contribution in [2.75, 3.05) is 5.73 Å². The Labute approximate surface area is 113 Å². The van der Waals surface area contributed by atoms with Gasteiger partial charge in [0.2, 0.25) is 0 Å². The molecule has 0 aliphatic carbocycles. The summed E-state index contributed by atoms with van der Waals surface area (Å²) in [5.74, 6) is 0. The number of nitrogens with two attached hydrogens (primary N) is 1. The first-order valence-corrected chi connectivity index (χ1v) is 6.22. The van der Waals surface area contributed by atoms with Gasteiger partial charge in [-0.1, -0.05) is 12.1 Å². The van der Waals surface area contributed by atoms with Crippen molar-refractivity contribution in [3.05, 3.63) is 55.8 Å². The molecule has 0 amide bonds. The Balaban J connectivity index is 2.34. The molecule has 0 fully saturated rings. The highest BCUT2D eigenvalue weighted by Crippen LogP contribution is 2.07. The number of aryl methyl sites for hydroxylation is 1. The standard InChI is InChI=1S/C12H12IN3O/c1-8-11(13)12(17)16(7-15-8)6-9-2-4-10(14)5-3-9/h2-5,7H,6,14H2,1H3. The summed E-state index contributed by atoms with van der Waals surface area (Å²) in [6.45, 7) is 2.35. The van der Waals surface area contributed by atoms with Crippen LogP contribution in [0.3, 0.4) is 0 Å². The molecule has 0 saturated heterocycles. The van der Waals surface area contributed by atoms with Gasteiger partial charge in [-0.15, -0.1) is 0 Å². The van der Waals surface area contributed by atoms with Gasteiger partial charge in [0.05, 0.1) is 22.1 Å². The minimum Gasteiger partial charge on any atom is -0.399 e. The lowest BCUT2D eigenvalue weighted by atomic mass is 10.2. The van der Waals surface area contributed by atoms with Gasteiger partial charge in [-0.25, -0.2) is 4.98 Å². The summed E-state index contributed by atoms with van der Waals surface area (Å²) < 4.78 is 2.26. The summed E-state index contributed by atoms with van der Waals surface area (Å²) in [7, 11) is 0. The van der Waals surface area contributed by atoms with E-state index in [1.807, 2.05) is 53.8 Å². The van der Waals surface area contributed by atoms with Gasteiger partial charge in [0.25, 0.3) is 5.56 Å². The number of hydrogen-bond donors (Lipinski definition) is 1. The van der Waals surface area contributed by atoms with E-state index in [1.165, 1.54) is 0 Å². The molecule has 2 aromatic rings. The lowest BCUT2D eigenvalue weighted by molar-refractivity contribution is 0.724. The van der Waals surface area contributed by atoms with E-state index in [1.54, 1.807) is 10.9 Å². The van der Waals surface area contributed by atoms with Crippen LogP contribution < -0.4 is 11.3 Å². The fourth-order valence-electron chi connectivity index (χ4n) is 1.48. The predicted molar refractivity (Wildman–Crippen MR) is 75.9 cm³/mol. The van der Waals surface area contributed by atoms with Gasteiger partial charge in [-0.05, 0) is 47.2 Å². The second kappa shape index (κ2) is 4.87. The van der Waals surface area contributed by atoms with E-state index in [2.05, 4.69) is 4.98 Å². The zero-order valence-corrected chi connectivity index (χ0v) is 11.5. The summed E-state index contributed by atoms with van der Waals surface area (Å²) in [5, 5.41) is 0. The lowest BCUT2D eigenvalue weighted by Gasteiger charge is -2.07. The number of benzene rings is 1. The molecule has 0 bridgehead atoms. The molecule has 2 N–H and O–H groups in total. The molecule has 0 aliphatic heterocycles. The third kappa shape index (κ3) is 2.66. The van der Waals surface area contributed by atoms with Crippen LogP contribution in [0.5, 0.6) is 0 Å². The second-order valence-electron chi connectivity index (χ2n) is 3.82. The Bertz CT molecular complexity index is 590. The van der Waals surface area contributed by atoms with E-state index in [0.29, 0.717) is 10.1 Å². The van der Waals surface area contributed by atoms with Gasteiger partial charge in [-0.3, -0.25) is 9.36 Å². The number of halogens is 1. The minimum absolute atomic E-state index is 0.00470. The van der Waals surface area contributed by atoms with Crippen LogP contribution in [0.2, 0.25) is 0 Å². The monoisotopic (exact) mass is 341 g/mol. The Morgan fingerprint density at radius 2 is 2.00 bits per heavy atom. The van der Waals surface area contributed by atoms with Crippen LogP contribution in [0.25, 0.3) is 0 Å². The van der Waals surface area contributed by atoms with Crippen LogP contribution in [0.4, 0.5) is 5.69 Å². The number of anilines is 1. The molecular weight excluding hydrogens is 329 g/mol. The van der Waals surface area contributed by atoms with Crippen molar-refractivity contribution in [3.63, 3.8) is 0 Å². The van der Waals surface area contributed by atoms with Crippen LogP contribution in [-0.4, -0.2) is 9.55 Å². The molecule has 0 radical (unpaired) electrons. The molecule has 1 heterocycles. The highest BCUT2D eigenvalue weighted by molar-refractivity contribution is 14.1. The molecule has 1 aromatic carbocycles. The van der Waals surface area contributed by atoms with Crippen LogP contribution in [0.15, 0.2) is 35.4 Å². The summed E-state index contributed by atoms with van der Waals surface area (Å²) in [6.07, 6.45) is 1.58. The fraction of sp³-hybridized carbons (Fsp3) is 0.167. The number of rotatable bonds is 2. The molecule has 88 valence electrons. The highest BCUT2D eigenvalue weighted by atomic mass is 127. The average molecular weight is 341 g/mol. The number of aromatic nitrogens is 2. The van der Waals surface area contributed by atoms with Gasteiger partial charge in [0.1, 0.15) is 0 Å². The average Bonchev–Trinajstić information content (AvgIpc) is 2.33. The Morgan fingerprint density at radius 3 is 2.65 bits per heavy atom. The topological polar surface area (TPSA) is 60.9 Å². The molecule has 0 unspecified atom stereocenters. The SMILES string of the molecule is Cc1ncn(Cc2ccc(N)cc2)c(=O)c1I. The van der Waals surface area contributed by atoms with Gasteiger partial charge in [0.15, 0.2) is 0 Å². The van der Waals surface area contributed by atoms with E-state index >= 15 is 0 Å². The third-order valence-corrected chi connectivity index (χ3v) is 3.73. The van der Waals surface area contributed by atoms with E-state index in [-0.39, 0.29) is 5.56 Å². The van der Waals surface area contributed by atoms with E-state index in [4.69, 9.17) is 5.73 Å². The molecule has 0 aliphatic rings. The first kappa shape index (κ1) is 12.1. The van der Waals surface area contributed by atoms with Crippen molar-refractivity contribution in [3.8, 4) is 0 Å². The van der Waals surface area contributed by atoms with Gasteiger partial charge in [-0.2, -0.15) is 0 Å². The Hall–Kier alpha value is -1.37. The molecule has 2 rings (SSSR count). The van der Waals surface area contributed by atoms with E-state index in [9.17, 15) is 4.79 Å². The van der Waals surface area contributed by atoms with E-state index < -0.39 is 0 Å². The van der Waals surface area contributed by atoms with Crippen LogP contribution >= 0.6 is 22.6 Å². The molecular formula is C12H12IN3O. The molecule has 5 heteroatoms. The second-order valence-corrected chi connectivity index (χ2v) is 4.90. The number of hydrogen-bond acceptors (Lipinski definition) is 3. The molecule has 0 spiro atoms. The summed E-state index contributed by atoms with van der Waals surface area (Å²) in [6, 6.07) is 7.48. The molecule has 0 saturated carbocycles. The van der Waals surface area contributed by atoms with Crippen molar-refractivity contribution in [1.82, 2.24) is 9.55 Å². The van der Waals surface area contributed by atoms with Crippen molar-refractivity contribution in [2.24, 2.45) is 0 Å². The maximum atomic E-state index is 12.0. The summed E-state index contributed by atoms with van der Waals surface area (Å²) in [5.41, 5.74) is 8.13. The zero-order chi connectivity index (χ0) is 12.4. The summed E-state index contributed by atoms with van der Waals surface area (Å²) in [4.78, 5) is 16.1. The number of nitrogen functional groups attached to an aromatic ring is 1. The Morgan fingerprint density at radius 1 is 1.35 bits per heavy atom. The molecule has 17 heavy (non-hydrogen) atoms. The van der Waals surface area contributed by atoms with Gasteiger partial charge >= 0.3 is 0 Å². The first-order chi connectivity index (χ1) is 8.08. The quantitative estimate of drug-likeness (QED) is 0.669.